The molecule has 0 aromatic rings. The molecule has 0 bridgehead atoms. The first-order chi connectivity index (χ1) is 5.33. The van der Waals surface area contributed by atoms with Crippen LogP contribution in [0.15, 0.2) is 0 Å². The van der Waals surface area contributed by atoms with Crippen molar-refractivity contribution in [3.8, 4) is 0 Å². The van der Waals surface area contributed by atoms with Crippen LogP contribution in [0.2, 0.25) is 0 Å². The number of fused-ring (bicyclic) bond motifs is 1. The number of nitrogens with zero attached hydrogens (tertiary/aromatic N) is 1. The molecule has 0 aromatic carbocycles. The second-order valence-corrected chi connectivity index (χ2v) is 3.69. The van der Waals surface area contributed by atoms with Crippen LogP contribution in [0, 0.1) is 0 Å². The summed E-state index contributed by atoms with van der Waals surface area (Å²) >= 11 is 5.75. The third-order valence-corrected chi connectivity index (χ3v) is 3.13. The van der Waals surface area contributed by atoms with Gasteiger partial charge in [-0.2, -0.15) is 0 Å². The summed E-state index contributed by atoms with van der Waals surface area (Å²) in [6.07, 6.45) is 4.09. The van der Waals surface area contributed by atoms with Crippen LogP contribution in [0.3, 0.4) is 0 Å². The largest absolute Gasteiger partial charge is 0.336 e. The fourth-order valence-electron chi connectivity index (χ4n) is 2.22. The van der Waals surface area contributed by atoms with Crippen molar-refractivity contribution < 1.29 is 4.79 Å². The molecule has 2 saturated heterocycles. The first-order valence-electron chi connectivity index (χ1n) is 4.20. The fourth-order valence-corrected chi connectivity index (χ4v) is 2.53. The zero-order valence-electron chi connectivity index (χ0n) is 6.42. The Morgan fingerprint density at radius 3 is 3.00 bits per heavy atom. The predicted molar refractivity (Wildman–Crippen MR) is 43.6 cm³/mol. The molecule has 0 saturated carbocycles. The van der Waals surface area contributed by atoms with Crippen LogP contribution >= 0.6 is 11.6 Å². The number of carbonyl (C=O) groups excluding carboxylic acids is 1. The molecule has 0 spiro atoms. The Kier molecular flexibility index (Phi) is 1.80. The summed E-state index contributed by atoms with van der Waals surface area (Å²) < 4.78 is 0. The Balaban J connectivity index is 2.13. The molecule has 0 N–H and O–H groups in total. The number of hydrogen-bond donors (Lipinski definition) is 0. The summed E-state index contributed by atoms with van der Waals surface area (Å²) in [6.45, 7) is 0. The predicted octanol–water partition coefficient (Wildman–Crippen LogP) is 1.38. The van der Waals surface area contributed by atoms with Gasteiger partial charge in [0.1, 0.15) is 0 Å². The maximum Gasteiger partial charge on any atom is 0.223 e. The maximum atomic E-state index is 11.3. The van der Waals surface area contributed by atoms with E-state index in [0.29, 0.717) is 23.9 Å². The van der Waals surface area contributed by atoms with Crippen LogP contribution in [-0.2, 0) is 4.79 Å². The average Bonchev–Trinajstić information content (AvgIpc) is 2.54. The molecule has 11 heavy (non-hydrogen) atoms. The summed E-state index contributed by atoms with van der Waals surface area (Å²) in [5.41, 5.74) is 0. The van der Waals surface area contributed by atoms with E-state index in [1.807, 2.05) is 4.90 Å². The lowest BCUT2D eigenvalue weighted by atomic mass is 10.1. The minimum absolute atomic E-state index is 0.318. The van der Waals surface area contributed by atoms with Gasteiger partial charge in [-0.25, -0.2) is 0 Å². The fraction of sp³-hybridized carbons (Fsp3) is 0.875. The molecule has 2 atom stereocenters. The van der Waals surface area contributed by atoms with E-state index < -0.39 is 0 Å². The van der Waals surface area contributed by atoms with Crippen molar-refractivity contribution in [1.82, 2.24) is 4.90 Å². The van der Waals surface area contributed by atoms with Crippen molar-refractivity contribution in [1.29, 1.82) is 0 Å². The Morgan fingerprint density at radius 2 is 2.27 bits per heavy atom. The standard InChI is InChI=1S/C8H12ClNO/c9-5-7-2-1-6-3-4-8(11)10(6)7/h6-7H,1-5H2/t6-,7?/m1/s1. The van der Waals surface area contributed by atoms with Gasteiger partial charge < -0.3 is 4.90 Å². The first-order valence-corrected chi connectivity index (χ1v) is 4.73. The van der Waals surface area contributed by atoms with E-state index in [1.54, 1.807) is 0 Å². The van der Waals surface area contributed by atoms with E-state index in [9.17, 15) is 4.79 Å². The second-order valence-electron chi connectivity index (χ2n) is 3.38. The van der Waals surface area contributed by atoms with E-state index in [4.69, 9.17) is 11.6 Å². The smallest absolute Gasteiger partial charge is 0.223 e. The molecular weight excluding hydrogens is 162 g/mol. The molecule has 2 fully saturated rings. The van der Waals surface area contributed by atoms with Crippen molar-refractivity contribution in [2.75, 3.05) is 5.88 Å². The first kappa shape index (κ1) is 7.41. The van der Waals surface area contributed by atoms with Crippen LogP contribution in [0.4, 0.5) is 0 Å². The van der Waals surface area contributed by atoms with Gasteiger partial charge in [0, 0.05) is 24.4 Å². The molecule has 2 rings (SSSR count). The summed E-state index contributed by atoms with van der Waals surface area (Å²) in [5.74, 6) is 0.931. The molecule has 2 aliphatic heterocycles. The topological polar surface area (TPSA) is 20.3 Å². The highest BCUT2D eigenvalue weighted by Crippen LogP contribution is 2.33. The Morgan fingerprint density at radius 1 is 1.45 bits per heavy atom. The highest BCUT2D eigenvalue weighted by atomic mass is 35.5. The molecule has 62 valence electrons. The summed E-state index contributed by atoms with van der Waals surface area (Å²) in [6, 6.07) is 0.878. The highest BCUT2D eigenvalue weighted by molar-refractivity contribution is 6.18. The number of carbonyl (C=O) groups is 1. The minimum atomic E-state index is 0.318. The van der Waals surface area contributed by atoms with E-state index in [-0.39, 0.29) is 0 Å². The Hall–Kier alpha value is -0.240. The van der Waals surface area contributed by atoms with Crippen LogP contribution in [0.5, 0.6) is 0 Å². The summed E-state index contributed by atoms with van der Waals surface area (Å²) in [5, 5.41) is 0. The number of rotatable bonds is 1. The van der Waals surface area contributed by atoms with Gasteiger partial charge >= 0.3 is 0 Å². The zero-order chi connectivity index (χ0) is 7.84. The molecule has 2 nitrogen and oxygen atoms in total. The van der Waals surface area contributed by atoms with Gasteiger partial charge in [0.15, 0.2) is 0 Å². The lowest BCUT2D eigenvalue weighted by Gasteiger charge is -2.21. The Labute approximate surface area is 71.5 Å². The van der Waals surface area contributed by atoms with Gasteiger partial charge in [0.2, 0.25) is 5.91 Å². The number of halogens is 1. The van der Waals surface area contributed by atoms with Gasteiger partial charge in [-0.3, -0.25) is 4.79 Å². The molecule has 2 heterocycles. The third kappa shape index (κ3) is 1.04. The van der Waals surface area contributed by atoms with E-state index in [2.05, 4.69) is 0 Å². The SMILES string of the molecule is O=C1CC[C@H]2CCC(CCl)N12. The molecule has 3 heteroatoms. The molecule has 0 aliphatic carbocycles. The van der Waals surface area contributed by atoms with Crippen molar-refractivity contribution in [3.05, 3.63) is 0 Å². The van der Waals surface area contributed by atoms with Gasteiger partial charge in [-0.05, 0) is 19.3 Å². The quantitative estimate of drug-likeness (QED) is 0.549. The lowest BCUT2D eigenvalue weighted by Crippen LogP contribution is -2.35. The molecule has 1 amide bonds. The summed E-state index contributed by atoms with van der Waals surface area (Å²) in [4.78, 5) is 13.3. The van der Waals surface area contributed by atoms with Gasteiger partial charge in [-0.1, -0.05) is 0 Å². The molecule has 2 aliphatic rings. The Bertz CT molecular complexity index is 183. The van der Waals surface area contributed by atoms with Crippen LogP contribution in [0.25, 0.3) is 0 Å². The molecule has 1 unspecified atom stereocenters. The van der Waals surface area contributed by atoms with Gasteiger partial charge in [-0.15, -0.1) is 11.6 Å². The lowest BCUT2D eigenvalue weighted by molar-refractivity contribution is -0.129. The monoisotopic (exact) mass is 173 g/mol. The molecular formula is C8H12ClNO. The van der Waals surface area contributed by atoms with Crippen LogP contribution in [0.1, 0.15) is 25.7 Å². The molecule has 0 aromatic heterocycles. The van der Waals surface area contributed by atoms with E-state index in [1.165, 1.54) is 6.42 Å². The van der Waals surface area contributed by atoms with E-state index >= 15 is 0 Å². The highest BCUT2D eigenvalue weighted by Gasteiger charge is 2.40. The van der Waals surface area contributed by atoms with E-state index in [0.717, 1.165) is 19.3 Å². The summed E-state index contributed by atoms with van der Waals surface area (Å²) in [7, 11) is 0. The number of amides is 1. The number of alkyl halides is 1. The normalized spacial score (nSPS) is 36.5. The minimum Gasteiger partial charge on any atom is -0.336 e. The molecule has 0 radical (unpaired) electrons. The van der Waals surface area contributed by atoms with Crippen molar-refractivity contribution in [3.63, 3.8) is 0 Å². The van der Waals surface area contributed by atoms with Gasteiger partial charge in [0.25, 0.3) is 0 Å². The third-order valence-electron chi connectivity index (χ3n) is 2.78. The number of hydrogen-bond acceptors (Lipinski definition) is 1. The van der Waals surface area contributed by atoms with Crippen LogP contribution in [-0.4, -0.2) is 28.8 Å². The van der Waals surface area contributed by atoms with Gasteiger partial charge in [0.05, 0.1) is 0 Å². The second kappa shape index (κ2) is 2.67. The van der Waals surface area contributed by atoms with Crippen molar-refractivity contribution >= 4 is 17.5 Å². The maximum absolute atomic E-state index is 11.3. The average molecular weight is 174 g/mol. The zero-order valence-corrected chi connectivity index (χ0v) is 7.18. The van der Waals surface area contributed by atoms with Crippen molar-refractivity contribution in [2.45, 2.75) is 37.8 Å². The van der Waals surface area contributed by atoms with Crippen molar-refractivity contribution in [2.24, 2.45) is 0 Å². The van der Waals surface area contributed by atoms with Crippen LogP contribution < -0.4 is 0 Å².